The van der Waals surface area contributed by atoms with Crippen LogP contribution in [0.3, 0.4) is 0 Å². The topological polar surface area (TPSA) is 66.5 Å². The van der Waals surface area contributed by atoms with E-state index in [0.717, 1.165) is 6.42 Å². The summed E-state index contributed by atoms with van der Waals surface area (Å²) in [6, 6.07) is -0.0427. The van der Waals surface area contributed by atoms with Gasteiger partial charge in [-0.1, -0.05) is 26.7 Å². The zero-order valence-corrected chi connectivity index (χ0v) is 15.0. The van der Waals surface area contributed by atoms with Crippen LogP contribution in [-0.2, 0) is 14.6 Å². The van der Waals surface area contributed by atoms with E-state index < -0.39 is 9.84 Å². The van der Waals surface area contributed by atoms with Gasteiger partial charge in [0.1, 0.15) is 0 Å². The van der Waals surface area contributed by atoms with Gasteiger partial charge in [0, 0.05) is 19.1 Å². The molecule has 5 nitrogen and oxygen atoms in total. The molecule has 0 aromatic carbocycles. The van der Waals surface area contributed by atoms with Crippen molar-refractivity contribution >= 4 is 15.7 Å². The van der Waals surface area contributed by atoms with Crippen molar-refractivity contribution in [2.24, 2.45) is 11.8 Å². The predicted molar refractivity (Wildman–Crippen MR) is 88.4 cm³/mol. The van der Waals surface area contributed by atoms with Gasteiger partial charge in [0.25, 0.3) is 0 Å². The predicted octanol–water partition coefficient (Wildman–Crippen LogP) is 1.43. The maximum absolute atomic E-state index is 12.6. The molecule has 2 fully saturated rings. The van der Waals surface area contributed by atoms with Crippen LogP contribution in [0, 0.1) is 11.8 Å². The van der Waals surface area contributed by atoms with Gasteiger partial charge in [-0.3, -0.25) is 4.79 Å². The van der Waals surface area contributed by atoms with E-state index in [-0.39, 0.29) is 29.5 Å². The van der Waals surface area contributed by atoms with Crippen LogP contribution in [0.1, 0.15) is 46.5 Å². The number of nitrogens with one attached hydrogen (secondary N) is 1. The van der Waals surface area contributed by atoms with Crippen molar-refractivity contribution in [2.45, 2.75) is 64.6 Å². The van der Waals surface area contributed by atoms with Gasteiger partial charge < -0.3 is 10.2 Å². The number of likely N-dealkylation sites (N-methyl/N-ethyl adjacent to an activating group) is 1. The summed E-state index contributed by atoms with van der Waals surface area (Å²) in [5.41, 5.74) is 0. The van der Waals surface area contributed by atoms with Gasteiger partial charge in [-0.15, -0.1) is 0 Å². The van der Waals surface area contributed by atoms with Gasteiger partial charge in [-0.05, 0) is 31.6 Å². The first-order valence-electron chi connectivity index (χ1n) is 8.44. The molecule has 0 aromatic rings. The summed E-state index contributed by atoms with van der Waals surface area (Å²) in [5, 5.41) is 3.48. The van der Waals surface area contributed by atoms with Crippen LogP contribution in [-0.4, -0.2) is 55.9 Å². The highest BCUT2D eigenvalue weighted by molar-refractivity contribution is 7.91. The zero-order chi connectivity index (χ0) is 16.5. The van der Waals surface area contributed by atoms with Crippen LogP contribution >= 0.6 is 0 Å². The third-order valence-electron chi connectivity index (χ3n) is 5.65. The Morgan fingerprint density at radius 1 is 1.23 bits per heavy atom. The summed E-state index contributed by atoms with van der Waals surface area (Å²) in [5.74, 6) is 1.58. The standard InChI is InChI=1S/C16H30N2O3S/c1-11-6-5-7-15(12(11)2)17-13(3)16(19)18(4)14-8-9-22(20,21)10-14/h11-15,17H,5-10H2,1-4H3. The van der Waals surface area contributed by atoms with E-state index in [1.54, 1.807) is 11.9 Å². The van der Waals surface area contributed by atoms with Gasteiger partial charge >= 0.3 is 0 Å². The van der Waals surface area contributed by atoms with Crippen molar-refractivity contribution in [3.8, 4) is 0 Å². The maximum atomic E-state index is 12.6. The number of amides is 1. The van der Waals surface area contributed by atoms with Gasteiger partial charge in [0.2, 0.25) is 5.91 Å². The summed E-state index contributed by atoms with van der Waals surface area (Å²) in [4.78, 5) is 14.2. The number of carbonyl (C=O) groups is 1. The van der Waals surface area contributed by atoms with E-state index in [4.69, 9.17) is 0 Å². The van der Waals surface area contributed by atoms with Crippen molar-refractivity contribution in [1.29, 1.82) is 0 Å². The van der Waals surface area contributed by atoms with E-state index in [2.05, 4.69) is 19.2 Å². The normalized spacial score (nSPS) is 36.0. The second kappa shape index (κ2) is 6.87. The minimum absolute atomic E-state index is 0.00697. The van der Waals surface area contributed by atoms with Gasteiger partial charge in [0.05, 0.1) is 17.5 Å². The highest BCUT2D eigenvalue weighted by atomic mass is 32.2. The molecule has 0 radical (unpaired) electrons. The van der Waals surface area contributed by atoms with Crippen LogP contribution in [0.25, 0.3) is 0 Å². The average molecular weight is 330 g/mol. The molecule has 1 aliphatic heterocycles. The zero-order valence-electron chi connectivity index (χ0n) is 14.2. The second-order valence-electron chi connectivity index (χ2n) is 7.27. The summed E-state index contributed by atoms with van der Waals surface area (Å²) in [7, 11) is -1.22. The highest BCUT2D eigenvalue weighted by Gasteiger charge is 2.35. The number of nitrogens with zero attached hydrogens (tertiary/aromatic N) is 1. The molecular weight excluding hydrogens is 300 g/mol. The fourth-order valence-electron chi connectivity index (χ4n) is 3.78. The third kappa shape index (κ3) is 4.02. The molecule has 1 N–H and O–H groups in total. The Hall–Kier alpha value is -0.620. The van der Waals surface area contributed by atoms with Crippen molar-refractivity contribution in [1.82, 2.24) is 10.2 Å². The van der Waals surface area contributed by atoms with Crippen LogP contribution in [0.4, 0.5) is 0 Å². The molecule has 5 unspecified atom stereocenters. The molecule has 0 aromatic heterocycles. The Balaban J connectivity index is 1.91. The Morgan fingerprint density at radius 3 is 2.50 bits per heavy atom. The van der Waals surface area contributed by atoms with E-state index in [9.17, 15) is 13.2 Å². The smallest absolute Gasteiger partial charge is 0.239 e. The first-order valence-corrected chi connectivity index (χ1v) is 10.3. The molecule has 1 heterocycles. The van der Waals surface area contributed by atoms with Gasteiger partial charge in [0.15, 0.2) is 9.84 Å². The molecular formula is C16H30N2O3S. The number of hydrogen-bond donors (Lipinski definition) is 1. The maximum Gasteiger partial charge on any atom is 0.239 e. The molecule has 22 heavy (non-hydrogen) atoms. The van der Waals surface area contributed by atoms with Crippen LogP contribution in [0.15, 0.2) is 0 Å². The Bertz CT molecular complexity index is 506. The lowest BCUT2D eigenvalue weighted by atomic mass is 9.78. The minimum atomic E-state index is -2.96. The lowest BCUT2D eigenvalue weighted by Gasteiger charge is -2.37. The van der Waals surface area contributed by atoms with Crippen LogP contribution in [0.5, 0.6) is 0 Å². The Kier molecular flexibility index (Phi) is 5.54. The van der Waals surface area contributed by atoms with E-state index >= 15 is 0 Å². The summed E-state index contributed by atoms with van der Waals surface area (Å²) < 4.78 is 23.2. The van der Waals surface area contributed by atoms with Gasteiger partial charge in [-0.25, -0.2) is 8.42 Å². The Labute approximate surface area is 134 Å². The first kappa shape index (κ1) is 17.7. The van der Waals surface area contributed by atoms with Gasteiger partial charge in [-0.2, -0.15) is 0 Å². The number of rotatable bonds is 4. The molecule has 1 saturated heterocycles. The molecule has 5 atom stereocenters. The fraction of sp³-hybridized carbons (Fsp3) is 0.938. The molecule has 6 heteroatoms. The first-order chi connectivity index (χ1) is 10.2. The van der Waals surface area contributed by atoms with Crippen molar-refractivity contribution < 1.29 is 13.2 Å². The van der Waals surface area contributed by atoms with Crippen LogP contribution < -0.4 is 5.32 Å². The summed E-state index contributed by atoms with van der Waals surface area (Å²) in [6.07, 6.45) is 4.15. The van der Waals surface area contributed by atoms with Crippen molar-refractivity contribution in [3.63, 3.8) is 0 Å². The SMILES string of the molecule is CC(NC1CCCC(C)C1C)C(=O)N(C)C1CCS(=O)(=O)C1. The molecule has 0 bridgehead atoms. The van der Waals surface area contributed by atoms with E-state index in [0.29, 0.717) is 24.3 Å². The Morgan fingerprint density at radius 2 is 1.91 bits per heavy atom. The molecule has 1 saturated carbocycles. The quantitative estimate of drug-likeness (QED) is 0.847. The number of sulfone groups is 1. The van der Waals surface area contributed by atoms with Crippen LogP contribution in [0.2, 0.25) is 0 Å². The third-order valence-corrected chi connectivity index (χ3v) is 7.40. The largest absolute Gasteiger partial charge is 0.340 e. The lowest BCUT2D eigenvalue weighted by molar-refractivity contribution is -0.133. The minimum Gasteiger partial charge on any atom is -0.340 e. The molecule has 128 valence electrons. The van der Waals surface area contributed by atoms with E-state index in [1.165, 1.54) is 12.8 Å². The van der Waals surface area contributed by atoms with Crippen molar-refractivity contribution in [2.75, 3.05) is 18.6 Å². The molecule has 1 aliphatic carbocycles. The monoisotopic (exact) mass is 330 g/mol. The van der Waals surface area contributed by atoms with Crippen molar-refractivity contribution in [3.05, 3.63) is 0 Å². The molecule has 0 spiro atoms. The molecule has 2 rings (SSSR count). The highest BCUT2D eigenvalue weighted by Crippen LogP contribution is 2.29. The number of carbonyl (C=O) groups excluding carboxylic acids is 1. The second-order valence-corrected chi connectivity index (χ2v) is 9.50. The summed E-state index contributed by atoms with van der Waals surface area (Å²) >= 11 is 0. The molecule has 1 amide bonds. The average Bonchev–Trinajstić information content (AvgIpc) is 2.82. The number of hydrogen-bond acceptors (Lipinski definition) is 4. The summed E-state index contributed by atoms with van der Waals surface area (Å²) in [6.45, 7) is 6.43. The molecule has 2 aliphatic rings. The lowest BCUT2D eigenvalue weighted by Crippen LogP contribution is -2.53. The van der Waals surface area contributed by atoms with E-state index in [1.807, 2.05) is 6.92 Å². The fourth-order valence-corrected chi connectivity index (χ4v) is 5.55.